The Morgan fingerprint density at radius 3 is 2.14 bits per heavy atom. The van der Waals surface area contributed by atoms with Gasteiger partial charge in [0.05, 0.1) is 11.4 Å². The van der Waals surface area contributed by atoms with Gasteiger partial charge >= 0.3 is 0 Å². The number of rotatable bonds is 9. The summed E-state index contributed by atoms with van der Waals surface area (Å²) < 4.78 is 52.2. The largest absolute Gasteiger partial charge is 0.347 e. The Morgan fingerprint density at radius 1 is 1.00 bits per heavy atom. The summed E-state index contributed by atoms with van der Waals surface area (Å²) in [5.74, 6) is -0.380. The SMILES string of the molecule is CCN(CC)S(=O)(=O)c1ccc(CNC(=O)c2ccc(S(=O)(=O)NC)cc2)s1. The van der Waals surface area contributed by atoms with Crippen LogP contribution in [0.3, 0.4) is 0 Å². The molecule has 0 saturated heterocycles. The lowest BCUT2D eigenvalue weighted by atomic mass is 10.2. The van der Waals surface area contributed by atoms with E-state index in [0.29, 0.717) is 23.5 Å². The highest BCUT2D eigenvalue weighted by Crippen LogP contribution is 2.25. The van der Waals surface area contributed by atoms with Gasteiger partial charge in [0.2, 0.25) is 10.0 Å². The molecule has 2 aromatic rings. The fourth-order valence-electron chi connectivity index (χ4n) is 2.46. The van der Waals surface area contributed by atoms with Crippen molar-refractivity contribution in [2.75, 3.05) is 20.1 Å². The highest BCUT2D eigenvalue weighted by Gasteiger charge is 2.23. The van der Waals surface area contributed by atoms with Crippen molar-refractivity contribution in [1.29, 1.82) is 0 Å². The average Bonchev–Trinajstić information content (AvgIpc) is 3.17. The van der Waals surface area contributed by atoms with Crippen LogP contribution in [0.4, 0.5) is 0 Å². The first kappa shape index (κ1) is 22.5. The van der Waals surface area contributed by atoms with Gasteiger partial charge in [0.15, 0.2) is 0 Å². The van der Waals surface area contributed by atoms with Crippen molar-refractivity contribution >= 4 is 37.3 Å². The van der Waals surface area contributed by atoms with Crippen molar-refractivity contribution in [3.63, 3.8) is 0 Å². The zero-order valence-electron chi connectivity index (χ0n) is 15.8. The standard InChI is InChI=1S/C17H23N3O5S3/c1-4-20(5-2)28(24,25)16-11-8-14(26-16)12-19-17(21)13-6-9-15(10-7-13)27(22,23)18-3/h6-11,18H,4-5,12H2,1-3H3,(H,19,21). The summed E-state index contributed by atoms with van der Waals surface area (Å²) in [6, 6.07) is 8.75. The third-order valence-electron chi connectivity index (χ3n) is 4.06. The lowest BCUT2D eigenvalue weighted by molar-refractivity contribution is 0.0951. The van der Waals surface area contributed by atoms with E-state index in [2.05, 4.69) is 10.0 Å². The number of carbonyl (C=O) groups excluding carboxylic acids is 1. The zero-order chi connectivity index (χ0) is 20.9. The Bertz CT molecular complexity index is 1020. The molecule has 28 heavy (non-hydrogen) atoms. The second-order valence-corrected chi connectivity index (χ2v) is 10.9. The predicted octanol–water partition coefficient (Wildman–Crippen LogP) is 1.62. The molecular formula is C17H23N3O5S3. The normalized spacial score (nSPS) is 12.3. The molecule has 1 heterocycles. The van der Waals surface area contributed by atoms with Gasteiger partial charge in [-0.3, -0.25) is 4.79 Å². The Hall–Kier alpha value is -1.79. The molecule has 0 unspecified atom stereocenters. The van der Waals surface area contributed by atoms with Crippen molar-refractivity contribution in [3.05, 3.63) is 46.8 Å². The van der Waals surface area contributed by atoms with Crippen LogP contribution in [0.2, 0.25) is 0 Å². The molecule has 0 aliphatic heterocycles. The van der Waals surface area contributed by atoms with Crippen molar-refractivity contribution in [2.45, 2.75) is 29.5 Å². The van der Waals surface area contributed by atoms with Crippen LogP contribution < -0.4 is 10.0 Å². The smallest absolute Gasteiger partial charge is 0.252 e. The molecule has 0 bridgehead atoms. The van der Waals surface area contributed by atoms with Crippen LogP contribution in [-0.4, -0.2) is 47.2 Å². The summed E-state index contributed by atoms with van der Waals surface area (Å²) in [6.45, 7) is 4.52. The molecule has 8 nitrogen and oxygen atoms in total. The van der Waals surface area contributed by atoms with Crippen molar-refractivity contribution < 1.29 is 21.6 Å². The van der Waals surface area contributed by atoms with Crippen LogP contribution in [0.1, 0.15) is 29.1 Å². The van der Waals surface area contributed by atoms with Gasteiger partial charge in [-0.05, 0) is 43.4 Å². The molecule has 2 rings (SSSR count). The Balaban J connectivity index is 2.05. The first-order chi connectivity index (χ1) is 13.2. The lowest BCUT2D eigenvalue weighted by Crippen LogP contribution is -2.30. The lowest BCUT2D eigenvalue weighted by Gasteiger charge is -2.16. The minimum absolute atomic E-state index is 0.0658. The van der Waals surface area contributed by atoms with Crippen LogP contribution >= 0.6 is 11.3 Å². The summed E-state index contributed by atoms with van der Waals surface area (Å²) >= 11 is 1.11. The Labute approximate surface area is 169 Å². The van der Waals surface area contributed by atoms with E-state index in [0.717, 1.165) is 11.3 Å². The number of hydrogen-bond acceptors (Lipinski definition) is 6. The molecule has 1 amide bonds. The van der Waals surface area contributed by atoms with Crippen LogP contribution in [0.25, 0.3) is 0 Å². The van der Waals surface area contributed by atoms with Gasteiger partial charge in [-0.25, -0.2) is 21.6 Å². The Morgan fingerprint density at radius 2 is 1.61 bits per heavy atom. The summed E-state index contributed by atoms with van der Waals surface area (Å²) in [5, 5.41) is 2.71. The zero-order valence-corrected chi connectivity index (χ0v) is 18.2. The van der Waals surface area contributed by atoms with Gasteiger partial charge in [0.25, 0.3) is 15.9 Å². The van der Waals surface area contributed by atoms with Gasteiger partial charge in [-0.2, -0.15) is 4.31 Å². The quantitative estimate of drug-likeness (QED) is 0.609. The minimum atomic E-state index is -3.56. The van der Waals surface area contributed by atoms with Gasteiger partial charge in [-0.1, -0.05) is 13.8 Å². The fraction of sp³-hybridized carbons (Fsp3) is 0.353. The van der Waals surface area contributed by atoms with Crippen LogP contribution in [0, 0.1) is 0 Å². The topological polar surface area (TPSA) is 113 Å². The highest BCUT2D eigenvalue weighted by atomic mass is 32.2. The van der Waals surface area contributed by atoms with Crippen LogP contribution in [0.5, 0.6) is 0 Å². The molecule has 2 N–H and O–H groups in total. The molecule has 0 aliphatic carbocycles. The molecule has 11 heteroatoms. The fourth-order valence-corrected chi connectivity index (χ4v) is 6.09. The van der Waals surface area contributed by atoms with Gasteiger partial charge < -0.3 is 5.32 Å². The van der Waals surface area contributed by atoms with Gasteiger partial charge in [0.1, 0.15) is 4.21 Å². The van der Waals surface area contributed by atoms with E-state index in [9.17, 15) is 21.6 Å². The van der Waals surface area contributed by atoms with E-state index in [1.807, 2.05) is 0 Å². The molecular weight excluding hydrogens is 422 g/mol. The van der Waals surface area contributed by atoms with E-state index < -0.39 is 20.0 Å². The number of hydrogen-bond donors (Lipinski definition) is 2. The average molecular weight is 446 g/mol. The number of thiophene rings is 1. The highest BCUT2D eigenvalue weighted by molar-refractivity contribution is 7.91. The number of nitrogens with one attached hydrogen (secondary N) is 2. The molecule has 0 aliphatic rings. The van der Waals surface area contributed by atoms with E-state index in [1.54, 1.807) is 19.9 Å². The van der Waals surface area contributed by atoms with Crippen molar-refractivity contribution in [2.24, 2.45) is 0 Å². The van der Waals surface area contributed by atoms with E-state index in [1.165, 1.54) is 41.7 Å². The monoisotopic (exact) mass is 445 g/mol. The number of carbonyl (C=O) groups is 1. The van der Waals surface area contributed by atoms with Gasteiger partial charge in [0, 0.05) is 23.5 Å². The van der Waals surface area contributed by atoms with Crippen LogP contribution in [-0.2, 0) is 26.6 Å². The van der Waals surface area contributed by atoms with Crippen molar-refractivity contribution in [1.82, 2.24) is 14.3 Å². The maximum absolute atomic E-state index is 12.5. The van der Waals surface area contributed by atoms with Gasteiger partial charge in [-0.15, -0.1) is 11.3 Å². The second-order valence-electron chi connectivity index (χ2n) is 5.72. The molecule has 1 aromatic carbocycles. The number of benzene rings is 1. The molecule has 0 fully saturated rings. The first-order valence-corrected chi connectivity index (χ1v) is 12.3. The van der Waals surface area contributed by atoms with E-state index in [4.69, 9.17) is 0 Å². The first-order valence-electron chi connectivity index (χ1n) is 8.56. The maximum atomic E-state index is 12.5. The number of nitrogens with zero attached hydrogens (tertiary/aromatic N) is 1. The summed E-state index contributed by atoms with van der Waals surface area (Å²) in [4.78, 5) is 13.0. The molecule has 0 saturated carbocycles. The molecule has 0 radical (unpaired) electrons. The van der Waals surface area contributed by atoms with Crippen LogP contribution in [0.15, 0.2) is 45.5 Å². The molecule has 1 aromatic heterocycles. The Kier molecular flexibility index (Phi) is 7.34. The number of amides is 1. The number of sulfonamides is 2. The van der Waals surface area contributed by atoms with E-state index >= 15 is 0 Å². The molecule has 0 spiro atoms. The third kappa shape index (κ3) is 4.97. The van der Waals surface area contributed by atoms with E-state index in [-0.39, 0.29) is 21.6 Å². The second kappa shape index (κ2) is 9.14. The summed E-state index contributed by atoms with van der Waals surface area (Å²) in [6.07, 6.45) is 0. The predicted molar refractivity (Wildman–Crippen MR) is 108 cm³/mol. The summed E-state index contributed by atoms with van der Waals surface area (Å²) in [5.41, 5.74) is 0.308. The molecule has 154 valence electrons. The minimum Gasteiger partial charge on any atom is -0.347 e. The third-order valence-corrected chi connectivity index (χ3v) is 9.09. The maximum Gasteiger partial charge on any atom is 0.252 e. The van der Waals surface area contributed by atoms with Crippen molar-refractivity contribution in [3.8, 4) is 0 Å². The summed E-state index contributed by atoms with van der Waals surface area (Å²) in [7, 11) is -5.76. The molecule has 0 atom stereocenters.